The lowest BCUT2D eigenvalue weighted by Crippen LogP contribution is -2.35. The monoisotopic (exact) mass is 286 g/mol. The Kier molecular flexibility index (Phi) is 3.36. The molecule has 3 nitrogen and oxygen atoms in total. The summed E-state index contributed by atoms with van der Waals surface area (Å²) in [6.45, 7) is 1.38. The maximum atomic E-state index is 12.5. The van der Waals surface area contributed by atoms with Crippen LogP contribution < -0.4 is 5.73 Å². The van der Waals surface area contributed by atoms with Gasteiger partial charge in [-0.05, 0) is 35.7 Å². The van der Waals surface area contributed by atoms with Crippen LogP contribution in [0.15, 0.2) is 42.5 Å². The van der Waals surface area contributed by atoms with E-state index >= 15 is 0 Å². The average Bonchev–Trinajstić information content (AvgIpc) is 2.49. The number of rotatable bonds is 1. The van der Waals surface area contributed by atoms with Crippen molar-refractivity contribution in [3.63, 3.8) is 0 Å². The largest absolute Gasteiger partial charge is 0.398 e. The number of carbonyl (C=O) groups is 1. The van der Waals surface area contributed by atoms with Gasteiger partial charge in [0.15, 0.2) is 0 Å². The summed E-state index contributed by atoms with van der Waals surface area (Å²) in [6.07, 6.45) is 0.894. The number of halogens is 1. The maximum Gasteiger partial charge on any atom is 0.254 e. The lowest BCUT2D eigenvalue weighted by Gasteiger charge is -2.29. The predicted molar refractivity (Wildman–Crippen MR) is 80.8 cm³/mol. The minimum atomic E-state index is 0.00266. The number of anilines is 1. The highest BCUT2D eigenvalue weighted by Crippen LogP contribution is 2.23. The third-order valence-corrected chi connectivity index (χ3v) is 4.01. The average molecular weight is 287 g/mol. The normalized spacial score (nSPS) is 13.9. The summed E-state index contributed by atoms with van der Waals surface area (Å²) in [5.74, 6) is 0.00266. The maximum absolute atomic E-state index is 12.5. The van der Waals surface area contributed by atoms with Gasteiger partial charge in [-0.1, -0.05) is 35.9 Å². The first-order chi connectivity index (χ1) is 9.65. The SMILES string of the molecule is Nc1cc(C(=O)N2CCc3ccccc3C2)ccc1Cl. The summed E-state index contributed by atoms with van der Waals surface area (Å²) in [5, 5.41) is 0.477. The van der Waals surface area contributed by atoms with E-state index in [0.717, 1.165) is 13.0 Å². The molecule has 102 valence electrons. The number of hydrogen-bond donors (Lipinski definition) is 1. The summed E-state index contributed by atoms with van der Waals surface area (Å²) in [5.41, 5.74) is 9.33. The summed E-state index contributed by atoms with van der Waals surface area (Å²) in [4.78, 5) is 14.4. The first-order valence-electron chi connectivity index (χ1n) is 6.56. The minimum Gasteiger partial charge on any atom is -0.398 e. The number of hydrogen-bond acceptors (Lipinski definition) is 2. The lowest BCUT2D eigenvalue weighted by atomic mass is 9.99. The van der Waals surface area contributed by atoms with Crippen LogP contribution in [-0.4, -0.2) is 17.4 Å². The van der Waals surface area contributed by atoms with Crippen molar-refractivity contribution in [2.24, 2.45) is 0 Å². The number of amides is 1. The van der Waals surface area contributed by atoms with E-state index < -0.39 is 0 Å². The van der Waals surface area contributed by atoms with Gasteiger partial charge >= 0.3 is 0 Å². The van der Waals surface area contributed by atoms with Gasteiger partial charge in [0.2, 0.25) is 0 Å². The summed E-state index contributed by atoms with van der Waals surface area (Å²) >= 11 is 5.89. The second-order valence-corrected chi connectivity index (χ2v) is 5.39. The Hall–Kier alpha value is -2.00. The molecule has 0 saturated heterocycles. The van der Waals surface area contributed by atoms with E-state index in [1.165, 1.54) is 11.1 Å². The molecule has 3 rings (SSSR count). The Morgan fingerprint density at radius 1 is 1.15 bits per heavy atom. The second-order valence-electron chi connectivity index (χ2n) is 4.98. The molecule has 0 bridgehead atoms. The third-order valence-electron chi connectivity index (χ3n) is 3.66. The van der Waals surface area contributed by atoms with E-state index in [1.807, 2.05) is 17.0 Å². The minimum absolute atomic E-state index is 0.00266. The highest BCUT2D eigenvalue weighted by molar-refractivity contribution is 6.33. The molecule has 2 N–H and O–H groups in total. The van der Waals surface area contributed by atoms with Crippen molar-refractivity contribution in [3.8, 4) is 0 Å². The number of nitrogens with two attached hydrogens (primary N) is 1. The van der Waals surface area contributed by atoms with Crippen molar-refractivity contribution in [3.05, 3.63) is 64.2 Å². The van der Waals surface area contributed by atoms with Crippen LogP contribution in [0.5, 0.6) is 0 Å². The number of fused-ring (bicyclic) bond motifs is 1. The summed E-state index contributed by atoms with van der Waals surface area (Å²) in [6, 6.07) is 13.3. The molecule has 0 saturated carbocycles. The molecule has 2 aromatic rings. The first-order valence-corrected chi connectivity index (χ1v) is 6.94. The highest BCUT2D eigenvalue weighted by atomic mass is 35.5. The molecule has 20 heavy (non-hydrogen) atoms. The van der Waals surface area contributed by atoms with Gasteiger partial charge in [0, 0.05) is 18.7 Å². The standard InChI is InChI=1S/C16H15ClN2O/c17-14-6-5-12(9-15(14)18)16(20)19-8-7-11-3-1-2-4-13(11)10-19/h1-6,9H,7-8,10,18H2. The van der Waals surface area contributed by atoms with Crippen LogP contribution in [0, 0.1) is 0 Å². The van der Waals surface area contributed by atoms with Crippen molar-refractivity contribution in [2.75, 3.05) is 12.3 Å². The molecule has 0 fully saturated rings. The van der Waals surface area contributed by atoms with E-state index in [-0.39, 0.29) is 5.91 Å². The van der Waals surface area contributed by atoms with Crippen molar-refractivity contribution in [1.29, 1.82) is 0 Å². The van der Waals surface area contributed by atoms with E-state index in [1.54, 1.807) is 18.2 Å². The predicted octanol–water partition coefficient (Wildman–Crippen LogP) is 3.12. The Labute approximate surface area is 123 Å². The lowest BCUT2D eigenvalue weighted by molar-refractivity contribution is 0.0735. The van der Waals surface area contributed by atoms with E-state index in [2.05, 4.69) is 12.1 Å². The van der Waals surface area contributed by atoms with Crippen LogP contribution >= 0.6 is 11.6 Å². The Balaban J connectivity index is 1.84. The Morgan fingerprint density at radius 3 is 2.65 bits per heavy atom. The van der Waals surface area contributed by atoms with Crippen molar-refractivity contribution in [2.45, 2.75) is 13.0 Å². The van der Waals surface area contributed by atoms with Gasteiger partial charge in [-0.25, -0.2) is 0 Å². The fourth-order valence-electron chi connectivity index (χ4n) is 2.53. The molecule has 0 aromatic heterocycles. The second kappa shape index (κ2) is 5.17. The fraction of sp³-hybridized carbons (Fsp3) is 0.188. The molecule has 1 aliphatic heterocycles. The third kappa shape index (κ3) is 2.37. The van der Waals surface area contributed by atoms with E-state index in [9.17, 15) is 4.79 Å². The molecule has 4 heteroatoms. The molecule has 2 aromatic carbocycles. The van der Waals surface area contributed by atoms with Crippen LogP contribution in [0.2, 0.25) is 5.02 Å². The van der Waals surface area contributed by atoms with Gasteiger partial charge < -0.3 is 10.6 Å². The smallest absolute Gasteiger partial charge is 0.254 e. The zero-order valence-corrected chi connectivity index (χ0v) is 11.7. The molecular formula is C16H15ClN2O. The number of benzene rings is 2. The zero-order chi connectivity index (χ0) is 14.1. The topological polar surface area (TPSA) is 46.3 Å². The summed E-state index contributed by atoms with van der Waals surface area (Å²) in [7, 11) is 0. The Morgan fingerprint density at radius 2 is 1.90 bits per heavy atom. The molecule has 1 heterocycles. The Bertz CT molecular complexity index is 669. The number of nitrogens with zero attached hydrogens (tertiary/aromatic N) is 1. The van der Waals surface area contributed by atoms with E-state index in [0.29, 0.717) is 22.8 Å². The molecule has 0 spiro atoms. The highest BCUT2D eigenvalue weighted by Gasteiger charge is 2.21. The van der Waals surface area contributed by atoms with Crippen LogP contribution in [0.4, 0.5) is 5.69 Å². The van der Waals surface area contributed by atoms with Gasteiger partial charge in [-0.2, -0.15) is 0 Å². The summed E-state index contributed by atoms with van der Waals surface area (Å²) < 4.78 is 0. The first kappa shape index (κ1) is 13.0. The van der Waals surface area contributed by atoms with Crippen LogP contribution in [0.1, 0.15) is 21.5 Å². The fourth-order valence-corrected chi connectivity index (χ4v) is 2.65. The van der Waals surface area contributed by atoms with Crippen molar-refractivity contribution >= 4 is 23.2 Å². The van der Waals surface area contributed by atoms with Crippen LogP contribution in [-0.2, 0) is 13.0 Å². The van der Waals surface area contributed by atoms with Gasteiger partial charge in [-0.3, -0.25) is 4.79 Å². The van der Waals surface area contributed by atoms with Gasteiger partial charge in [0.1, 0.15) is 0 Å². The van der Waals surface area contributed by atoms with E-state index in [4.69, 9.17) is 17.3 Å². The zero-order valence-electron chi connectivity index (χ0n) is 11.0. The van der Waals surface area contributed by atoms with Gasteiger partial charge in [0.25, 0.3) is 5.91 Å². The molecule has 0 unspecified atom stereocenters. The number of nitrogen functional groups attached to an aromatic ring is 1. The molecule has 1 aliphatic rings. The van der Waals surface area contributed by atoms with Gasteiger partial charge in [0.05, 0.1) is 10.7 Å². The molecule has 0 aliphatic carbocycles. The molecule has 1 amide bonds. The van der Waals surface area contributed by atoms with Crippen molar-refractivity contribution in [1.82, 2.24) is 4.90 Å². The molecule has 0 radical (unpaired) electrons. The van der Waals surface area contributed by atoms with Crippen LogP contribution in [0.25, 0.3) is 0 Å². The number of carbonyl (C=O) groups excluding carboxylic acids is 1. The molecule has 0 atom stereocenters. The van der Waals surface area contributed by atoms with Crippen molar-refractivity contribution < 1.29 is 4.79 Å². The van der Waals surface area contributed by atoms with Gasteiger partial charge in [-0.15, -0.1) is 0 Å². The van der Waals surface area contributed by atoms with Crippen LogP contribution in [0.3, 0.4) is 0 Å². The molecular weight excluding hydrogens is 272 g/mol. The quantitative estimate of drug-likeness (QED) is 0.819.